The highest BCUT2D eigenvalue weighted by Gasteiger charge is 2.37. The molecule has 4 aromatic rings. The van der Waals surface area contributed by atoms with Crippen LogP contribution in [0.3, 0.4) is 0 Å². The minimum Gasteiger partial charge on any atom is -0.103 e. The lowest BCUT2D eigenvalue weighted by atomic mass is 9.84. The summed E-state index contributed by atoms with van der Waals surface area (Å²) in [5.41, 5.74) is 3.69. The molecule has 132 valence electrons. The molecular weight excluding hydrogens is 368 g/mol. The van der Waals surface area contributed by atoms with Crippen LogP contribution in [0.25, 0.3) is 0 Å². The Balaban J connectivity index is 2.02. The van der Waals surface area contributed by atoms with Crippen LogP contribution < -0.4 is 0 Å². The molecule has 2 heteroatoms. The predicted molar refractivity (Wildman–Crippen MR) is 117 cm³/mol. The van der Waals surface area contributed by atoms with E-state index in [1.807, 2.05) is 18.2 Å². The zero-order valence-corrected chi connectivity index (χ0v) is 16.3. The Morgan fingerprint density at radius 3 is 1.26 bits per heavy atom. The largest absolute Gasteiger partial charge is 0.103 e. The highest BCUT2D eigenvalue weighted by molar-refractivity contribution is 8.00. The van der Waals surface area contributed by atoms with Crippen LogP contribution in [0.15, 0.2) is 120 Å². The molecule has 0 bridgehead atoms. The molecule has 0 amide bonds. The molecule has 0 spiro atoms. The van der Waals surface area contributed by atoms with Gasteiger partial charge < -0.3 is 0 Å². The van der Waals surface area contributed by atoms with Gasteiger partial charge in [-0.2, -0.15) is 0 Å². The topological polar surface area (TPSA) is 0 Å². The highest BCUT2D eigenvalue weighted by Crippen LogP contribution is 2.52. The van der Waals surface area contributed by atoms with Crippen molar-refractivity contribution in [3.63, 3.8) is 0 Å². The lowest BCUT2D eigenvalue weighted by molar-refractivity contribution is 0.894. The summed E-state index contributed by atoms with van der Waals surface area (Å²) < 4.78 is -0.394. The number of hydrogen-bond donors (Lipinski definition) is 0. The summed E-state index contributed by atoms with van der Waals surface area (Å²) in [7, 11) is 0. The molecule has 4 aromatic carbocycles. The Bertz CT molecular complexity index is 901. The van der Waals surface area contributed by atoms with E-state index in [-0.39, 0.29) is 0 Å². The fourth-order valence-electron chi connectivity index (χ4n) is 3.39. The molecule has 0 aliphatic rings. The Labute approximate surface area is 169 Å². The third-order valence-electron chi connectivity index (χ3n) is 4.64. The van der Waals surface area contributed by atoms with E-state index in [2.05, 4.69) is 97.1 Å². The van der Waals surface area contributed by atoms with Gasteiger partial charge in [-0.05, 0) is 28.8 Å². The third-order valence-corrected chi connectivity index (χ3v) is 6.67. The summed E-state index contributed by atoms with van der Waals surface area (Å²) in [5.74, 6) is 0. The molecule has 0 heterocycles. The van der Waals surface area contributed by atoms with Gasteiger partial charge in [0.2, 0.25) is 0 Å². The molecule has 0 radical (unpaired) electrons. The molecule has 0 nitrogen and oxygen atoms in total. The minimum atomic E-state index is -0.394. The first-order valence-corrected chi connectivity index (χ1v) is 10.1. The molecule has 0 atom stereocenters. The average molecular weight is 387 g/mol. The van der Waals surface area contributed by atoms with E-state index < -0.39 is 4.75 Å². The number of hydrogen-bond acceptors (Lipinski definition) is 1. The second-order valence-electron chi connectivity index (χ2n) is 6.31. The van der Waals surface area contributed by atoms with Gasteiger partial charge in [0.15, 0.2) is 0 Å². The number of rotatable bonds is 5. The van der Waals surface area contributed by atoms with E-state index in [9.17, 15) is 0 Å². The molecule has 0 N–H and O–H groups in total. The van der Waals surface area contributed by atoms with E-state index in [4.69, 9.17) is 11.6 Å². The summed E-state index contributed by atoms with van der Waals surface area (Å²) in [6.07, 6.45) is 0. The van der Waals surface area contributed by atoms with Crippen LogP contribution in [-0.4, -0.2) is 0 Å². The van der Waals surface area contributed by atoms with Crippen LogP contribution in [0.2, 0.25) is 5.02 Å². The van der Waals surface area contributed by atoms with Gasteiger partial charge in [-0.1, -0.05) is 115 Å². The van der Waals surface area contributed by atoms with Crippen LogP contribution in [0.5, 0.6) is 0 Å². The zero-order valence-electron chi connectivity index (χ0n) is 14.8. The fourth-order valence-corrected chi connectivity index (χ4v) is 5.04. The first-order valence-electron chi connectivity index (χ1n) is 8.91. The summed E-state index contributed by atoms with van der Waals surface area (Å²) in [6, 6.07) is 40.0. The lowest BCUT2D eigenvalue weighted by Crippen LogP contribution is -2.25. The van der Waals surface area contributed by atoms with Crippen molar-refractivity contribution in [1.82, 2.24) is 0 Å². The van der Waals surface area contributed by atoms with Crippen molar-refractivity contribution < 1.29 is 0 Å². The van der Waals surface area contributed by atoms with Gasteiger partial charge in [0.25, 0.3) is 0 Å². The first-order chi connectivity index (χ1) is 13.3. The minimum absolute atomic E-state index is 0.394. The zero-order chi connectivity index (χ0) is 18.5. The van der Waals surface area contributed by atoms with Gasteiger partial charge in [-0.15, -0.1) is 11.8 Å². The average Bonchev–Trinajstić information content (AvgIpc) is 2.75. The molecule has 0 aliphatic heterocycles. The molecule has 0 fully saturated rings. The Kier molecular flexibility index (Phi) is 5.33. The molecule has 4 rings (SSSR count). The molecule has 0 aliphatic carbocycles. The van der Waals surface area contributed by atoms with Crippen LogP contribution >= 0.6 is 23.4 Å². The standard InChI is InChI=1S/C25H19ClS/c26-23-18-10-11-19-24(23)27-25(20-12-4-1-5-13-20,21-14-6-2-7-15-21)22-16-8-3-9-17-22/h1-19H. The third kappa shape index (κ3) is 3.53. The van der Waals surface area contributed by atoms with E-state index in [0.29, 0.717) is 0 Å². The molecule has 0 aromatic heterocycles. The smallest absolute Gasteiger partial charge is 0.0954 e. The van der Waals surface area contributed by atoms with E-state index in [1.165, 1.54) is 16.7 Å². The van der Waals surface area contributed by atoms with Crippen molar-refractivity contribution in [3.8, 4) is 0 Å². The van der Waals surface area contributed by atoms with Gasteiger partial charge in [-0.3, -0.25) is 0 Å². The molecule has 0 saturated carbocycles. The van der Waals surface area contributed by atoms with E-state index in [1.54, 1.807) is 11.8 Å². The molecule has 0 unspecified atom stereocenters. The van der Waals surface area contributed by atoms with Crippen molar-refractivity contribution in [1.29, 1.82) is 0 Å². The van der Waals surface area contributed by atoms with Crippen molar-refractivity contribution in [2.24, 2.45) is 0 Å². The van der Waals surface area contributed by atoms with Gasteiger partial charge in [0.1, 0.15) is 0 Å². The van der Waals surface area contributed by atoms with Crippen molar-refractivity contribution in [3.05, 3.63) is 137 Å². The van der Waals surface area contributed by atoms with E-state index >= 15 is 0 Å². The number of thioether (sulfide) groups is 1. The molecule has 27 heavy (non-hydrogen) atoms. The van der Waals surface area contributed by atoms with Crippen molar-refractivity contribution >= 4 is 23.4 Å². The lowest BCUT2D eigenvalue weighted by Gasteiger charge is -2.35. The normalized spacial score (nSPS) is 11.3. The van der Waals surface area contributed by atoms with Gasteiger partial charge in [0.05, 0.1) is 9.77 Å². The van der Waals surface area contributed by atoms with Crippen LogP contribution in [0.1, 0.15) is 16.7 Å². The van der Waals surface area contributed by atoms with Gasteiger partial charge in [0, 0.05) is 4.90 Å². The summed E-state index contributed by atoms with van der Waals surface area (Å²) in [5, 5.41) is 0.773. The van der Waals surface area contributed by atoms with Gasteiger partial charge >= 0.3 is 0 Å². The second-order valence-corrected chi connectivity index (χ2v) is 7.98. The Morgan fingerprint density at radius 2 is 0.852 bits per heavy atom. The van der Waals surface area contributed by atoms with E-state index in [0.717, 1.165) is 9.92 Å². The summed E-state index contributed by atoms with van der Waals surface area (Å²) >= 11 is 8.36. The SMILES string of the molecule is Clc1ccccc1SC(c1ccccc1)(c1ccccc1)c1ccccc1. The van der Waals surface area contributed by atoms with Gasteiger partial charge in [-0.25, -0.2) is 0 Å². The first kappa shape index (κ1) is 17.9. The Morgan fingerprint density at radius 1 is 0.481 bits per heavy atom. The van der Waals surface area contributed by atoms with Crippen LogP contribution in [-0.2, 0) is 4.75 Å². The second kappa shape index (κ2) is 8.04. The quantitative estimate of drug-likeness (QED) is 0.254. The fraction of sp³-hybridized carbons (Fsp3) is 0.0400. The van der Waals surface area contributed by atoms with Crippen LogP contribution in [0.4, 0.5) is 0 Å². The van der Waals surface area contributed by atoms with Crippen LogP contribution in [0, 0.1) is 0 Å². The monoisotopic (exact) mass is 386 g/mol. The predicted octanol–water partition coefficient (Wildman–Crippen LogP) is 7.42. The highest BCUT2D eigenvalue weighted by atomic mass is 35.5. The maximum absolute atomic E-state index is 6.57. The van der Waals surface area contributed by atoms with Crippen molar-refractivity contribution in [2.45, 2.75) is 9.64 Å². The maximum atomic E-state index is 6.57. The summed E-state index contributed by atoms with van der Waals surface area (Å²) in [6.45, 7) is 0. The molecular formula is C25H19ClS. The number of benzene rings is 4. The van der Waals surface area contributed by atoms with Crippen molar-refractivity contribution in [2.75, 3.05) is 0 Å². The molecule has 0 saturated heterocycles. The maximum Gasteiger partial charge on any atom is 0.0954 e. The number of halogens is 1. The summed E-state index contributed by atoms with van der Waals surface area (Å²) in [4.78, 5) is 1.07. The Hall–Kier alpha value is -2.48.